The first-order chi connectivity index (χ1) is 10.9. The molecule has 0 aliphatic heterocycles. The van der Waals surface area contributed by atoms with Crippen LogP contribution in [-0.2, 0) is 17.4 Å². The van der Waals surface area contributed by atoms with Crippen molar-refractivity contribution in [3.63, 3.8) is 0 Å². The summed E-state index contributed by atoms with van der Waals surface area (Å²) in [6, 6.07) is 3.06. The van der Waals surface area contributed by atoms with Crippen molar-refractivity contribution >= 4 is 11.7 Å². The number of hydrogen-bond donors (Lipinski definition) is 2. The van der Waals surface area contributed by atoms with Gasteiger partial charge in [0.25, 0.3) is 0 Å². The highest BCUT2D eigenvalue weighted by atomic mass is 19.4. The number of urea groups is 1. The second-order valence-corrected chi connectivity index (χ2v) is 4.67. The van der Waals surface area contributed by atoms with Crippen LogP contribution in [-0.4, -0.2) is 22.6 Å². The molecule has 2 amide bonds. The standard InChI is InChI=1S/C14H15F3N4O2/c15-14(16,17)10-3-5-12(6-4-10)21(13(18)22)23-7-1-2-11-8-19-9-20-11/h3-6,8-9H,1-2,7H2,(H2,18,22)(H,19,20). The Kier molecular flexibility index (Phi) is 5.22. The molecule has 0 saturated heterocycles. The van der Waals surface area contributed by atoms with Crippen molar-refractivity contribution in [1.29, 1.82) is 0 Å². The molecule has 1 heterocycles. The number of aromatic amines is 1. The summed E-state index contributed by atoms with van der Waals surface area (Å²) in [6.45, 7) is 0.164. The third-order valence-corrected chi connectivity index (χ3v) is 2.98. The number of H-pyrrole nitrogens is 1. The second-order valence-electron chi connectivity index (χ2n) is 4.67. The minimum absolute atomic E-state index is 0.130. The Morgan fingerprint density at radius 3 is 2.52 bits per heavy atom. The Balaban J connectivity index is 1.94. The highest BCUT2D eigenvalue weighted by molar-refractivity contribution is 5.88. The van der Waals surface area contributed by atoms with E-state index < -0.39 is 17.8 Å². The normalized spacial score (nSPS) is 11.4. The van der Waals surface area contributed by atoms with Crippen molar-refractivity contribution in [3.05, 3.63) is 48.0 Å². The van der Waals surface area contributed by atoms with Crippen LogP contribution < -0.4 is 10.8 Å². The molecule has 0 unspecified atom stereocenters. The van der Waals surface area contributed by atoms with E-state index in [0.29, 0.717) is 12.8 Å². The van der Waals surface area contributed by atoms with Crippen LogP contribution in [0, 0.1) is 0 Å². The van der Waals surface area contributed by atoms with Crippen molar-refractivity contribution in [1.82, 2.24) is 9.97 Å². The molecule has 0 saturated carbocycles. The van der Waals surface area contributed by atoms with Gasteiger partial charge < -0.3 is 10.7 Å². The Bertz CT molecular complexity index is 626. The molecular weight excluding hydrogens is 313 g/mol. The molecule has 2 aromatic rings. The van der Waals surface area contributed by atoms with E-state index in [1.54, 1.807) is 12.5 Å². The largest absolute Gasteiger partial charge is 0.416 e. The fourth-order valence-corrected chi connectivity index (χ4v) is 1.89. The summed E-state index contributed by atoms with van der Waals surface area (Å²) in [5.74, 6) is 0. The maximum atomic E-state index is 12.5. The predicted octanol–water partition coefficient (Wildman–Crippen LogP) is 2.88. The third kappa shape index (κ3) is 4.71. The summed E-state index contributed by atoms with van der Waals surface area (Å²) in [7, 11) is 0. The van der Waals surface area contributed by atoms with Crippen molar-refractivity contribution in [3.8, 4) is 0 Å². The molecule has 1 aromatic carbocycles. The molecule has 0 aliphatic carbocycles. The monoisotopic (exact) mass is 328 g/mol. The number of nitrogens with two attached hydrogens (primary N) is 1. The van der Waals surface area contributed by atoms with Gasteiger partial charge in [-0.3, -0.25) is 4.84 Å². The fraction of sp³-hybridized carbons (Fsp3) is 0.286. The van der Waals surface area contributed by atoms with E-state index in [2.05, 4.69) is 9.97 Å². The number of nitrogens with zero attached hydrogens (tertiary/aromatic N) is 2. The highest BCUT2D eigenvalue weighted by Gasteiger charge is 2.30. The SMILES string of the molecule is NC(=O)N(OCCCc1c[nH]cn1)c1ccc(C(F)(F)F)cc1. The van der Waals surface area contributed by atoms with Crippen molar-refractivity contribution in [2.24, 2.45) is 5.73 Å². The maximum Gasteiger partial charge on any atom is 0.416 e. The second kappa shape index (κ2) is 7.14. The van der Waals surface area contributed by atoms with Crippen LogP contribution >= 0.6 is 0 Å². The van der Waals surface area contributed by atoms with E-state index in [4.69, 9.17) is 10.6 Å². The number of aryl methyl sites for hydroxylation is 1. The molecular formula is C14H15F3N4O2. The number of primary amides is 1. The topological polar surface area (TPSA) is 84.2 Å². The van der Waals surface area contributed by atoms with E-state index >= 15 is 0 Å². The number of alkyl halides is 3. The van der Waals surface area contributed by atoms with Crippen LogP contribution in [0.4, 0.5) is 23.7 Å². The number of carbonyl (C=O) groups is 1. The Labute approximate surface area is 130 Å². The third-order valence-electron chi connectivity index (χ3n) is 2.98. The summed E-state index contributed by atoms with van der Waals surface area (Å²) in [6.07, 6.45) is 0.0364. The quantitative estimate of drug-likeness (QED) is 0.632. The summed E-state index contributed by atoms with van der Waals surface area (Å²) < 4.78 is 37.6. The number of rotatable bonds is 6. The molecule has 9 heteroatoms. The number of carbonyl (C=O) groups excluding carboxylic acids is 1. The number of amides is 2. The Hall–Kier alpha value is -2.55. The van der Waals surface area contributed by atoms with E-state index in [9.17, 15) is 18.0 Å². The molecule has 1 aromatic heterocycles. The first-order valence-corrected chi connectivity index (χ1v) is 6.75. The van der Waals surface area contributed by atoms with Gasteiger partial charge in [0, 0.05) is 6.20 Å². The molecule has 6 nitrogen and oxygen atoms in total. The molecule has 23 heavy (non-hydrogen) atoms. The van der Waals surface area contributed by atoms with Gasteiger partial charge in [-0.2, -0.15) is 18.2 Å². The lowest BCUT2D eigenvalue weighted by Crippen LogP contribution is -2.36. The molecule has 0 bridgehead atoms. The van der Waals surface area contributed by atoms with Gasteiger partial charge in [0.1, 0.15) is 0 Å². The molecule has 0 atom stereocenters. The zero-order valence-electron chi connectivity index (χ0n) is 12.0. The molecule has 0 radical (unpaired) electrons. The minimum atomic E-state index is -4.44. The summed E-state index contributed by atoms with van der Waals surface area (Å²) in [5.41, 5.74) is 5.35. The smallest absolute Gasteiger partial charge is 0.351 e. The van der Waals surface area contributed by atoms with Gasteiger partial charge in [0.05, 0.1) is 29.9 Å². The van der Waals surface area contributed by atoms with Gasteiger partial charge in [-0.1, -0.05) is 0 Å². The molecule has 0 spiro atoms. The zero-order chi connectivity index (χ0) is 16.9. The number of halogens is 3. The van der Waals surface area contributed by atoms with Crippen LogP contribution in [0.1, 0.15) is 17.7 Å². The zero-order valence-corrected chi connectivity index (χ0v) is 12.0. The van der Waals surface area contributed by atoms with Gasteiger partial charge in [-0.05, 0) is 37.1 Å². The Morgan fingerprint density at radius 2 is 2.00 bits per heavy atom. The van der Waals surface area contributed by atoms with Crippen molar-refractivity contribution < 1.29 is 22.8 Å². The predicted molar refractivity (Wildman–Crippen MR) is 76.4 cm³/mol. The van der Waals surface area contributed by atoms with Crippen LogP contribution in [0.2, 0.25) is 0 Å². The van der Waals surface area contributed by atoms with E-state index in [0.717, 1.165) is 35.0 Å². The Morgan fingerprint density at radius 1 is 1.30 bits per heavy atom. The number of aromatic nitrogens is 2. The number of nitrogens with one attached hydrogen (secondary N) is 1. The summed E-state index contributed by atoms with van der Waals surface area (Å²) in [4.78, 5) is 23.5. The first kappa shape index (κ1) is 16.8. The average molecular weight is 328 g/mol. The fourth-order valence-electron chi connectivity index (χ4n) is 1.89. The van der Waals surface area contributed by atoms with E-state index in [-0.39, 0.29) is 12.3 Å². The molecule has 0 aliphatic rings. The summed E-state index contributed by atoms with van der Waals surface area (Å²) >= 11 is 0. The van der Waals surface area contributed by atoms with Gasteiger partial charge >= 0.3 is 12.2 Å². The lowest BCUT2D eigenvalue weighted by molar-refractivity contribution is -0.137. The van der Waals surface area contributed by atoms with Gasteiger partial charge in [-0.15, -0.1) is 0 Å². The number of benzene rings is 1. The van der Waals surface area contributed by atoms with E-state index in [1.165, 1.54) is 0 Å². The van der Waals surface area contributed by atoms with Gasteiger partial charge in [-0.25, -0.2) is 9.78 Å². The van der Waals surface area contributed by atoms with Gasteiger partial charge in [0.2, 0.25) is 0 Å². The summed E-state index contributed by atoms with van der Waals surface area (Å²) in [5, 5.41) is 0.769. The molecule has 2 rings (SSSR count). The molecule has 0 fully saturated rings. The molecule has 3 N–H and O–H groups in total. The van der Waals surface area contributed by atoms with Crippen LogP contribution in [0.3, 0.4) is 0 Å². The van der Waals surface area contributed by atoms with Crippen LogP contribution in [0.25, 0.3) is 0 Å². The van der Waals surface area contributed by atoms with Crippen LogP contribution in [0.5, 0.6) is 0 Å². The van der Waals surface area contributed by atoms with Gasteiger partial charge in [0.15, 0.2) is 0 Å². The number of hydrogen-bond acceptors (Lipinski definition) is 3. The lowest BCUT2D eigenvalue weighted by atomic mass is 10.2. The first-order valence-electron chi connectivity index (χ1n) is 6.75. The minimum Gasteiger partial charge on any atom is -0.351 e. The average Bonchev–Trinajstić information content (AvgIpc) is 2.99. The number of hydroxylamine groups is 1. The number of anilines is 1. The highest BCUT2D eigenvalue weighted by Crippen LogP contribution is 2.30. The number of imidazole rings is 1. The lowest BCUT2D eigenvalue weighted by Gasteiger charge is -2.20. The van der Waals surface area contributed by atoms with E-state index in [1.807, 2.05) is 0 Å². The van der Waals surface area contributed by atoms with Crippen molar-refractivity contribution in [2.45, 2.75) is 19.0 Å². The van der Waals surface area contributed by atoms with Crippen molar-refractivity contribution in [2.75, 3.05) is 11.7 Å². The maximum absolute atomic E-state index is 12.5. The molecule has 124 valence electrons. The van der Waals surface area contributed by atoms with Crippen LogP contribution in [0.15, 0.2) is 36.8 Å².